The van der Waals surface area contributed by atoms with Gasteiger partial charge in [-0.25, -0.2) is 4.98 Å². The lowest BCUT2D eigenvalue weighted by atomic mass is 10.0. The molecule has 2 aromatic rings. The Hall–Kier alpha value is -2.47. The van der Waals surface area contributed by atoms with Crippen LogP contribution in [0.5, 0.6) is 0 Å². The molecular formula is C18H21N3O3. The van der Waals surface area contributed by atoms with Gasteiger partial charge in [0.25, 0.3) is 5.91 Å². The van der Waals surface area contributed by atoms with Crippen LogP contribution in [-0.2, 0) is 4.79 Å². The molecule has 6 heteroatoms. The number of fused-ring (bicyclic) bond motifs is 1. The van der Waals surface area contributed by atoms with E-state index in [-0.39, 0.29) is 18.0 Å². The number of aryl methyl sites for hydroxylation is 1. The number of carboxylic acids is 1. The molecule has 1 fully saturated rings. The van der Waals surface area contributed by atoms with E-state index >= 15 is 0 Å². The van der Waals surface area contributed by atoms with Gasteiger partial charge >= 0.3 is 5.97 Å². The van der Waals surface area contributed by atoms with Crippen molar-refractivity contribution in [3.05, 3.63) is 41.6 Å². The van der Waals surface area contributed by atoms with Gasteiger partial charge in [0.05, 0.1) is 12.1 Å². The summed E-state index contributed by atoms with van der Waals surface area (Å²) in [5, 5.41) is 12.9. The zero-order valence-corrected chi connectivity index (χ0v) is 13.9. The number of nitrogens with zero attached hydrogens (tertiary/aromatic N) is 2. The summed E-state index contributed by atoms with van der Waals surface area (Å²) in [6.07, 6.45) is 0.721. The molecule has 24 heavy (non-hydrogen) atoms. The van der Waals surface area contributed by atoms with Crippen molar-refractivity contribution in [2.75, 3.05) is 19.6 Å². The highest BCUT2D eigenvalue weighted by atomic mass is 16.4. The van der Waals surface area contributed by atoms with Gasteiger partial charge in [-0.3, -0.25) is 14.9 Å². The standard InChI is InChI=1S/C18H21N3O3/c1-12-9-15(20-14-6-4-3-5-13(12)14)17(24)21-8-7-18(2,11-21)19-10-16(22)23/h3-6,9,19H,7-8,10-11H2,1-2H3,(H,22,23)/t18-/m0/s1. The lowest BCUT2D eigenvalue weighted by molar-refractivity contribution is -0.136. The number of amides is 1. The summed E-state index contributed by atoms with van der Waals surface area (Å²) >= 11 is 0. The molecule has 3 rings (SSSR count). The number of para-hydroxylation sites is 1. The summed E-state index contributed by atoms with van der Waals surface area (Å²) in [7, 11) is 0. The van der Waals surface area contributed by atoms with Crippen LogP contribution in [0, 0.1) is 6.92 Å². The summed E-state index contributed by atoms with van der Waals surface area (Å²) in [5.74, 6) is -1.00. The van der Waals surface area contributed by atoms with Crippen LogP contribution in [0.1, 0.15) is 29.4 Å². The van der Waals surface area contributed by atoms with Crippen molar-refractivity contribution in [1.82, 2.24) is 15.2 Å². The Morgan fingerprint density at radius 1 is 1.38 bits per heavy atom. The number of benzene rings is 1. The van der Waals surface area contributed by atoms with Gasteiger partial charge < -0.3 is 10.0 Å². The topological polar surface area (TPSA) is 82.5 Å². The second-order valence-corrected chi connectivity index (χ2v) is 6.63. The lowest BCUT2D eigenvalue weighted by Crippen LogP contribution is -2.47. The van der Waals surface area contributed by atoms with Crippen molar-refractivity contribution in [3.8, 4) is 0 Å². The molecular weight excluding hydrogens is 306 g/mol. The first kappa shape index (κ1) is 16.4. The Bertz CT molecular complexity index is 805. The molecule has 6 nitrogen and oxygen atoms in total. The number of carbonyl (C=O) groups excluding carboxylic acids is 1. The monoisotopic (exact) mass is 327 g/mol. The highest BCUT2D eigenvalue weighted by Gasteiger charge is 2.36. The minimum atomic E-state index is -0.896. The number of carbonyl (C=O) groups is 2. The maximum Gasteiger partial charge on any atom is 0.317 e. The second-order valence-electron chi connectivity index (χ2n) is 6.63. The molecule has 0 bridgehead atoms. The van der Waals surface area contributed by atoms with Crippen molar-refractivity contribution in [2.45, 2.75) is 25.8 Å². The molecule has 0 saturated carbocycles. The van der Waals surface area contributed by atoms with E-state index in [1.165, 1.54) is 0 Å². The first-order valence-corrected chi connectivity index (χ1v) is 8.00. The quantitative estimate of drug-likeness (QED) is 0.895. The average Bonchev–Trinajstić information content (AvgIpc) is 2.95. The summed E-state index contributed by atoms with van der Waals surface area (Å²) in [6.45, 7) is 4.89. The molecule has 1 amide bonds. The second kappa shape index (κ2) is 6.20. The molecule has 1 aliphatic heterocycles. The largest absolute Gasteiger partial charge is 0.480 e. The van der Waals surface area contributed by atoms with Crippen LogP contribution in [-0.4, -0.2) is 52.0 Å². The Labute approximate surface area is 140 Å². The Morgan fingerprint density at radius 3 is 2.88 bits per heavy atom. The normalized spacial score (nSPS) is 20.5. The van der Waals surface area contributed by atoms with E-state index < -0.39 is 5.97 Å². The highest BCUT2D eigenvalue weighted by molar-refractivity contribution is 5.96. The maximum absolute atomic E-state index is 12.8. The molecule has 0 radical (unpaired) electrons. The van der Waals surface area contributed by atoms with Crippen LogP contribution in [0.3, 0.4) is 0 Å². The van der Waals surface area contributed by atoms with Crippen LogP contribution in [0.25, 0.3) is 10.9 Å². The number of nitrogens with one attached hydrogen (secondary N) is 1. The smallest absolute Gasteiger partial charge is 0.317 e. The SMILES string of the molecule is Cc1cc(C(=O)N2CC[C@](C)(NCC(=O)O)C2)nc2ccccc12. The number of hydrogen-bond donors (Lipinski definition) is 2. The minimum absolute atomic E-state index is 0.105. The van der Waals surface area contributed by atoms with Crippen LogP contribution in [0.2, 0.25) is 0 Å². The van der Waals surface area contributed by atoms with Crippen LogP contribution >= 0.6 is 0 Å². The fraction of sp³-hybridized carbons (Fsp3) is 0.389. The molecule has 126 valence electrons. The fourth-order valence-corrected chi connectivity index (χ4v) is 3.19. The predicted octanol–water partition coefficient (Wildman–Crippen LogP) is 1.82. The van der Waals surface area contributed by atoms with Crippen molar-refractivity contribution in [2.24, 2.45) is 0 Å². The first-order valence-electron chi connectivity index (χ1n) is 8.00. The van der Waals surface area contributed by atoms with E-state index in [1.807, 2.05) is 44.2 Å². The zero-order valence-electron chi connectivity index (χ0n) is 13.9. The Balaban J connectivity index is 1.79. The van der Waals surface area contributed by atoms with Crippen LogP contribution in [0.4, 0.5) is 0 Å². The van der Waals surface area contributed by atoms with Gasteiger partial charge in [-0.2, -0.15) is 0 Å². The zero-order chi connectivity index (χ0) is 17.3. The van der Waals surface area contributed by atoms with Gasteiger partial charge in [0, 0.05) is 24.0 Å². The van der Waals surface area contributed by atoms with Gasteiger partial charge in [-0.05, 0) is 38.0 Å². The van der Waals surface area contributed by atoms with Crippen molar-refractivity contribution < 1.29 is 14.7 Å². The van der Waals surface area contributed by atoms with Crippen molar-refractivity contribution in [3.63, 3.8) is 0 Å². The number of likely N-dealkylation sites (tertiary alicyclic amines) is 1. The molecule has 0 unspecified atom stereocenters. The molecule has 2 heterocycles. The summed E-state index contributed by atoms with van der Waals surface area (Å²) in [5.41, 5.74) is 1.90. The fourth-order valence-electron chi connectivity index (χ4n) is 3.19. The molecule has 1 aliphatic rings. The van der Waals surface area contributed by atoms with Gasteiger partial charge in [0.15, 0.2) is 0 Å². The number of pyridine rings is 1. The first-order chi connectivity index (χ1) is 11.4. The Morgan fingerprint density at radius 2 is 2.12 bits per heavy atom. The summed E-state index contributed by atoms with van der Waals surface area (Å²) in [4.78, 5) is 29.8. The van der Waals surface area contributed by atoms with E-state index in [2.05, 4.69) is 10.3 Å². The predicted molar refractivity (Wildman–Crippen MR) is 91.0 cm³/mol. The van der Waals surface area contributed by atoms with Crippen LogP contribution in [0.15, 0.2) is 30.3 Å². The number of rotatable bonds is 4. The van der Waals surface area contributed by atoms with Gasteiger partial charge in [-0.15, -0.1) is 0 Å². The molecule has 0 spiro atoms. The van der Waals surface area contributed by atoms with E-state index in [4.69, 9.17) is 5.11 Å². The number of carboxylic acid groups (broad SMARTS) is 1. The molecule has 0 aliphatic carbocycles. The van der Waals surface area contributed by atoms with E-state index in [1.54, 1.807) is 4.90 Å². The van der Waals surface area contributed by atoms with E-state index in [0.717, 1.165) is 22.9 Å². The van der Waals surface area contributed by atoms with E-state index in [0.29, 0.717) is 18.8 Å². The van der Waals surface area contributed by atoms with Crippen molar-refractivity contribution >= 4 is 22.8 Å². The summed E-state index contributed by atoms with van der Waals surface area (Å²) in [6, 6.07) is 9.59. The molecule has 1 atom stereocenters. The van der Waals surface area contributed by atoms with Gasteiger partial charge in [-0.1, -0.05) is 18.2 Å². The van der Waals surface area contributed by atoms with Crippen molar-refractivity contribution in [1.29, 1.82) is 0 Å². The third-order valence-corrected chi connectivity index (χ3v) is 4.57. The summed E-state index contributed by atoms with van der Waals surface area (Å²) < 4.78 is 0. The third kappa shape index (κ3) is 3.23. The molecule has 1 aromatic heterocycles. The number of hydrogen-bond acceptors (Lipinski definition) is 4. The highest BCUT2D eigenvalue weighted by Crippen LogP contribution is 2.24. The maximum atomic E-state index is 12.8. The van der Waals surface area contributed by atoms with E-state index in [9.17, 15) is 9.59 Å². The number of aromatic nitrogens is 1. The van der Waals surface area contributed by atoms with Crippen LogP contribution < -0.4 is 5.32 Å². The average molecular weight is 327 g/mol. The number of aliphatic carboxylic acids is 1. The third-order valence-electron chi connectivity index (χ3n) is 4.57. The van der Waals surface area contributed by atoms with Gasteiger partial charge in [0.2, 0.25) is 0 Å². The minimum Gasteiger partial charge on any atom is -0.480 e. The molecule has 1 aromatic carbocycles. The lowest BCUT2D eigenvalue weighted by Gasteiger charge is -2.25. The molecule has 1 saturated heterocycles. The Kier molecular flexibility index (Phi) is 4.24. The molecule has 2 N–H and O–H groups in total. The van der Waals surface area contributed by atoms with Gasteiger partial charge in [0.1, 0.15) is 5.69 Å².